The normalized spacial score (nSPS) is 15.7. The van der Waals surface area contributed by atoms with Crippen LogP contribution in [0.1, 0.15) is 37.8 Å². The van der Waals surface area contributed by atoms with Crippen molar-refractivity contribution in [3.8, 4) is 11.5 Å². The van der Waals surface area contributed by atoms with Crippen LogP contribution in [0, 0.1) is 0 Å². The molecule has 1 aliphatic rings. The highest BCUT2D eigenvalue weighted by molar-refractivity contribution is 5.58. The summed E-state index contributed by atoms with van der Waals surface area (Å²) < 4.78 is 27.5. The van der Waals surface area contributed by atoms with E-state index in [1.165, 1.54) is 25.2 Å². The van der Waals surface area contributed by atoms with Crippen molar-refractivity contribution in [1.82, 2.24) is 24.3 Å². The molecular formula is C17H18F2N6. The van der Waals surface area contributed by atoms with Crippen molar-refractivity contribution < 1.29 is 8.78 Å². The molecule has 1 fully saturated rings. The SMILES string of the molecule is FC(F)c1cn2c(-c3nccc(N4CCCCCC4)n3)cnc2cn1. The van der Waals surface area contributed by atoms with Crippen molar-refractivity contribution in [3.05, 3.63) is 36.5 Å². The third kappa shape index (κ3) is 3.16. The van der Waals surface area contributed by atoms with Gasteiger partial charge in [0.15, 0.2) is 11.5 Å². The van der Waals surface area contributed by atoms with E-state index in [-0.39, 0.29) is 5.69 Å². The molecule has 3 aromatic heterocycles. The van der Waals surface area contributed by atoms with E-state index < -0.39 is 6.43 Å². The third-order valence-corrected chi connectivity index (χ3v) is 4.44. The summed E-state index contributed by atoms with van der Waals surface area (Å²) in [4.78, 5) is 19.2. The van der Waals surface area contributed by atoms with E-state index in [0.29, 0.717) is 17.2 Å². The molecule has 4 heterocycles. The van der Waals surface area contributed by atoms with Gasteiger partial charge in [0, 0.05) is 25.5 Å². The Labute approximate surface area is 143 Å². The van der Waals surface area contributed by atoms with E-state index in [1.807, 2.05) is 6.07 Å². The molecule has 0 radical (unpaired) electrons. The van der Waals surface area contributed by atoms with Gasteiger partial charge in [0.1, 0.15) is 17.2 Å². The van der Waals surface area contributed by atoms with Crippen molar-refractivity contribution in [2.24, 2.45) is 0 Å². The molecule has 0 saturated carbocycles. The predicted molar refractivity (Wildman–Crippen MR) is 89.7 cm³/mol. The van der Waals surface area contributed by atoms with Gasteiger partial charge in [0.05, 0.1) is 12.4 Å². The minimum atomic E-state index is -2.64. The minimum absolute atomic E-state index is 0.296. The summed E-state index contributed by atoms with van der Waals surface area (Å²) >= 11 is 0. The fraction of sp³-hybridized carbons (Fsp3) is 0.412. The molecule has 130 valence electrons. The molecule has 1 aliphatic heterocycles. The second-order valence-electron chi connectivity index (χ2n) is 6.12. The molecule has 4 rings (SSSR count). The lowest BCUT2D eigenvalue weighted by atomic mass is 10.2. The van der Waals surface area contributed by atoms with Crippen LogP contribution < -0.4 is 4.90 Å². The van der Waals surface area contributed by atoms with Gasteiger partial charge < -0.3 is 4.90 Å². The summed E-state index contributed by atoms with van der Waals surface area (Å²) in [7, 11) is 0. The summed E-state index contributed by atoms with van der Waals surface area (Å²) in [5, 5.41) is 0. The number of anilines is 1. The van der Waals surface area contributed by atoms with Gasteiger partial charge >= 0.3 is 0 Å². The fourth-order valence-electron chi connectivity index (χ4n) is 3.13. The molecule has 0 spiro atoms. The zero-order chi connectivity index (χ0) is 17.2. The first-order valence-electron chi connectivity index (χ1n) is 8.42. The van der Waals surface area contributed by atoms with Gasteiger partial charge in [-0.25, -0.2) is 28.7 Å². The van der Waals surface area contributed by atoms with E-state index in [9.17, 15) is 8.78 Å². The van der Waals surface area contributed by atoms with Crippen molar-refractivity contribution in [3.63, 3.8) is 0 Å². The minimum Gasteiger partial charge on any atom is -0.357 e. The van der Waals surface area contributed by atoms with Crippen LogP contribution in [0.2, 0.25) is 0 Å². The second-order valence-corrected chi connectivity index (χ2v) is 6.12. The number of hydrogen-bond acceptors (Lipinski definition) is 5. The number of alkyl halides is 2. The smallest absolute Gasteiger partial charge is 0.281 e. The van der Waals surface area contributed by atoms with Gasteiger partial charge in [-0.3, -0.25) is 4.40 Å². The maximum Gasteiger partial charge on any atom is 0.281 e. The van der Waals surface area contributed by atoms with Crippen LogP contribution >= 0.6 is 0 Å². The Morgan fingerprint density at radius 3 is 2.52 bits per heavy atom. The molecule has 3 aromatic rings. The highest BCUT2D eigenvalue weighted by Gasteiger charge is 2.16. The Hall–Kier alpha value is -2.64. The average molecular weight is 344 g/mol. The summed E-state index contributed by atoms with van der Waals surface area (Å²) in [6.07, 6.45) is 8.08. The molecule has 1 saturated heterocycles. The Balaban J connectivity index is 1.73. The Morgan fingerprint density at radius 1 is 0.960 bits per heavy atom. The van der Waals surface area contributed by atoms with Crippen LogP contribution in [-0.2, 0) is 0 Å². The lowest BCUT2D eigenvalue weighted by Crippen LogP contribution is -2.25. The molecule has 0 N–H and O–H groups in total. The first-order valence-corrected chi connectivity index (χ1v) is 8.42. The number of nitrogens with zero attached hydrogens (tertiary/aromatic N) is 6. The van der Waals surface area contributed by atoms with Crippen molar-refractivity contribution in [2.45, 2.75) is 32.1 Å². The second kappa shape index (κ2) is 6.70. The Morgan fingerprint density at radius 2 is 1.76 bits per heavy atom. The van der Waals surface area contributed by atoms with E-state index in [2.05, 4.69) is 24.8 Å². The molecule has 0 atom stereocenters. The summed E-state index contributed by atoms with van der Waals surface area (Å²) in [6, 6.07) is 1.89. The van der Waals surface area contributed by atoms with Crippen LogP contribution in [-0.4, -0.2) is 37.4 Å². The van der Waals surface area contributed by atoms with Gasteiger partial charge in [-0.05, 0) is 18.9 Å². The van der Waals surface area contributed by atoms with E-state index in [0.717, 1.165) is 31.7 Å². The lowest BCUT2D eigenvalue weighted by molar-refractivity contribution is 0.145. The number of fused-ring (bicyclic) bond motifs is 1. The Kier molecular flexibility index (Phi) is 4.25. The Bertz CT molecular complexity index is 870. The molecule has 0 aliphatic carbocycles. The summed E-state index contributed by atoms with van der Waals surface area (Å²) in [6.45, 7) is 1.95. The summed E-state index contributed by atoms with van der Waals surface area (Å²) in [5.74, 6) is 1.34. The molecule has 6 nitrogen and oxygen atoms in total. The van der Waals surface area contributed by atoms with Gasteiger partial charge in [0.2, 0.25) is 0 Å². The van der Waals surface area contributed by atoms with E-state index >= 15 is 0 Å². The fourth-order valence-corrected chi connectivity index (χ4v) is 3.13. The maximum atomic E-state index is 12.9. The maximum absolute atomic E-state index is 12.9. The molecular weight excluding hydrogens is 326 g/mol. The molecule has 8 heteroatoms. The number of hydrogen-bond donors (Lipinski definition) is 0. The summed E-state index contributed by atoms with van der Waals surface area (Å²) in [5.41, 5.74) is 0.773. The van der Waals surface area contributed by atoms with Gasteiger partial charge in [0.25, 0.3) is 6.43 Å². The molecule has 0 bridgehead atoms. The topological polar surface area (TPSA) is 59.2 Å². The van der Waals surface area contributed by atoms with Crippen LogP contribution in [0.3, 0.4) is 0 Å². The monoisotopic (exact) mass is 344 g/mol. The molecule has 25 heavy (non-hydrogen) atoms. The highest BCUT2D eigenvalue weighted by atomic mass is 19.3. The zero-order valence-corrected chi connectivity index (χ0v) is 13.6. The lowest BCUT2D eigenvalue weighted by Gasteiger charge is -2.21. The average Bonchev–Trinajstić information content (AvgIpc) is 2.86. The number of aromatic nitrogens is 5. The van der Waals surface area contributed by atoms with Crippen LogP contribution in [0.4, 0.5) is 14.6 Å². The van der Waals surface area contributed by atoms with Gasteiger partial charge in [-0.2, -0.15) is 0 Å². The van der Waals surface area contributed by atoms with Gasteiger partial charge in [-0.1, -0.05) is 12.8 Å². The quantitative estimate of drug-likeness (QED) is 0.728. The number of rotatable bonds is 3. The standard InChI is InChI=1S/C17H18F2N6/c18-16(19)12-11-25-13(9-22-15(25)10-21-12)17-20-6-5-14(23-17)24-7-3-1-2-4-8-24/h5-6,9-11,16H,1-4,7-8H2. The van der Waals surface area contributed by atoms with Crippen molar-refractivity contribution in [2.75, 3.05) is 18.0 Å². The molecule has 0 amide bonds. The first-order chi connectivity index (χ1) is 12.2. The largest absolute Gasteiger partial charge is 0.357 e. The van der Waals surface area contributed by atoms with Gasteiger partial charge in [-0.15, -0.1) is 0 Å². The van der Waals surface area contributed by atoms with Crippen molar-refractivity contribution >= 4 is 11.5 Å². The third-order valence-electron chi connectivity index (χ3n) is 4.44. The molecule has 0 aromatic carbocycles. The van der Waals surface area contributed by atoms with E-state index in [4.69, 9.17) is 0 Å². The van der Waals surface area contributed by atoms with E-state index in [1.54, 1.807) is 16.8 Å². The number of halogens is 2. The van der Waals surface area contributed by atoms with Crippen LogP contribution in [0.25, 0.3) is 17.2 Å². The molecule has 0 unspecified atom stereocenters. The first kappa shape index (κ1) is 15.9. The number of imidazole rings is 1. The zero-order valence-electron chi connectivity index (χ0n) is 13.6. The van der Waals surface area contributed by atoms with Crippen molar-refractivity contribution in [1.29, 1.82) is 0 Å². The van der Waals surface area contributed by atoms with Crippen LogP contribution in [0.15, 0.2) is 30.9 Å². The van der Waals surface area contributed by atoms with Crippen LogP contribution in [0.5, 0.6) is 0 Å². The highest BCUT2D eigenvalue weighted by Crippen LogP contribution is 2.23. The predicted octanol–water partition coefficient (Wildman–Crippen LogP) is 3.50.